The van der Waals surface area contributed by atoms with Crippen molar-refractivity contribution >= 4 is 34.4 Å². The zero-order valence-electron chi connectivity index (χ0n) is 12.2. The number of imidazole rings is 1. The molecule has 2 nitrogen and oxygen atoms in total. The number of thioether (sulfide) groups is 1. The van der Waals surface area contributed by atoms with E-state index in [1.54, 1.807) is 0 Å². The van der Waals surface area contributed by atoms with Crippen LogP contribution in [0, 0.1) is 5.82 Å². The molecule has 1 fully saturated rings. The van der Waals surface area contributed by atoms with E-state index in [1.165, 1.54) is 37.8 Å². The Morgan fingerprint density at radius 2 is 2.29 bits per heavy atom. The number of hydrogen-bond donors (Lipinski definition) is 0. The molecule has 5 heteroatoms. The van der Waals surface area contributed by atoms with Gasteiger partial charge in [-0.15, -0.1) is 11.6 Å². The maximum Gasteiger partial charge on any atom is 0.125 e. The number of aryl methyl sites for hydroxylation is 1. The molecule has 21 heavy (non-hydrogen) atoms. The SMILES string of the molecule is CSC1CCCC(n2c(CCCl)nc3cc(F)ccc32)C1. The molecule has 1 aliphatic rings. The quantitative estimate of drug-likeness (QED) is 0.751. The minimum Gasteiger partial charge on any atom is -0.325 e. The molecule has 2 unspecified atom stereocenters. The Hall–Kier alpha value is -0.740. The van der Waals surface area contributed by atoms with Gasteiger partial charge in [-0.1, -0.05) is 6.42 Å². The highest BCUT2D eigenvalue weighted by molar-refractivity contribution is 7.99. The average Bonchev–Trinajstić information content (AvgIpc) is 2.84. The van der Waals surface area contributed by atoms with E-state index >= 15 is 0 Å². The third-order valence-corrected chi connectivity index (χ3v) is 5.62. The zero-order chi connectivity index (χ0) is 14.8. The van der Waals surface area contributed by atoms with Gasteiger partial charge in [-0.05, 0) is 37.7 Å². The second-order valence-electron chi connectivity index (χ2n) is 5.65. The first kappa shape index (κ1) is 15.2. The summed E-state index contributed by atoms with van der Waals surface area (Å²) in [7, 11) is 0. The predicted octanol–water partition coefficient (Wildman–Crippen LogP) is 4.80. The number of benzene rings is 1. The highest BCUT2D eigenvalue weighted by Crippen LogP contribution is 2.37. The number of rotatable bonds is 4. The lowest BCUT2D eigenvalue weighted by molar-refractivity contribution is 0.360. The summed E-state index contributed by atoms with van der Waals surface area (Å²) in [6.07, 6.45) is 7.81. The summed E-state index contributed by atoms with van der Waals surface area (Å²) >= 11 is 7.88. The molecule has 0 bridgehead atoms. The summed E-state index contributed by atoms with van der Waals surface area (Å²) in [5.41, 5.74) is 1.80. The van der Waals surface area contributed by atoms with Crippen molar-refractivity contribution in [3.8, 4) is 0 Å². The fraction of sp³-hybridized carbons (Fsp3) is 0.562. The van der Waals surface area contributed by atoms with E-state index in [9.17, 15) is 4.39 Å². The number of fused-ring (bicyclic) bond motifs is 1. The average molecular weight is 327 g/mol. The van der Waals surface area contributed by atoms with Crippen molar-refractivity contribution in [1.82, 2.24) is 9.55 Å². The summed E-state index contributed by atoms with van der Waals surface area (Å²) in [6.45, 7) is 0. The predicted molar refractivity (Wildman–Crippen MR) is 88.9 cm³/mol. The van der Waals surface area contributed by atoms with Gasteiger partial charge in [0.1, 0.15) is 11.6 Å². The van der Waals surface area contributed by atoms with Crippen LogP contribution in [0.15, 0.2) is 18.2 Å². The maximum absolute atomic E-state index is 13.4. The van der Waals surface area contributed by atoms with Gasteiger partial charge < -0.3 is 4.57 Å². The summed E-state index contributed by atoms with van der Waals surface area (Å²) in [5.74, 6) is 1.32. The molecule has 3 rings (SSSR count). The molecule has 1 aliphatic carbocycles. The molecule has 2 atom stereocenters. The van der Waals surface area contributed by atoms with Crippen LogP contribution in [0.5, 0.6) is 0 Å². The van der Waals surface area contributed by atoms with Gasteiger partial charge in [-0.2, -0.15) is 11.8 Å². The van der Waals surface area contributed by atoms with Crippen molar-refractivity contribution in [3.63, 3.8) is 0 Å². The Morgan fingerprint density at radius 3 is 3.05 bits per heavy atom. The van der Waals surface area contributed by atoms with Crippen molar-refractivity contribution < 1.29 is 4.39 Å². The fourth-order valence-corrected chi connectivity index (χ4v) is 4.35. The third-order valence-electron chi connectivity index (χ3n) is 4.34. The molecule has 1 aromatic carbocycles. The molecule has 114 valence electrons. The lowest BCUT2D eigenvalue weighted by Crippen LogP contribution is -2.22. The molecule has 1 saturated carbocycles. The monoisotopic (exact) mass is 326 g/mol. The van der Waals surface area contributed by atoms with Crippen LogP contribution in [-0.4, -0.2) is 26.9 Å². The van der Waals surface area contributed by atoms with Crippen LogP contribution >= 0.6 is 23.4 Å². The first-order chi connectivity index (χ1) is 10.2. The number of alkyl halides is 1. The van der Waals surface area contributed by atoms with Crippen molar-refractivity contribution in [2.45, 2.75) is 43.4 Å². The van der Waals surface area contributed by atoms with Gasteiger partial charge in [0.05, 0.1) is 11.0 Å². The van der Waals surface area contributed by atoms with E-state index in [0.29, 0.717) is 17.2 Å². The summed E-state index contributed by atoms with van der Waals surface area (Å²) in [6, 6.07) is 5.38. The van der Waals surface area contributed by atoms with Crippen molar-refractivity contribution in [1.29, 1.82) is 0 Å². The molecule has 0 radical (unpaired) electrons. The molecular formula is C16H20ClFN2S. The lowest BCUT2D eigenvalue weighted by atomic mass is 9.94. The lowest BCUT2D eigenvalue weighted by Gasteiger charge is -2.30. The Kier molecular flexibility index (Phi) is 4.75. The summed E-state index contributed by atoms with van der Waals surface area (Å²) < 4.78 is 15.8. The van der Waals surface area contributed by atoms with E-state index in [-0.39, 0.29) is 5.82 Å². The van der Waals surface area contributed by atoms with Crippen LogP contribution in [0.3, 0.4) is 0 Å². The Balaban J connectivity index is 2.04. The molecule has 1 aromatic heterocycles. The second-order valence-corrected chi connectivity index (χ2v) is 7.16. The standard InChI is InChI=1S/C16H20ClFN2S/c1-21-13-4-2-3-12(10-13)20-15-6-5-11(18)9-14(15)19-16(20)7-8-17/h5-6,9,12-13H,2-4,7-8,10H2,1H3. The van der Waals surface area contributed by atoms with E-state index in [0.717, 1.165) is 23.3 Å². The highest BCUT2D eigenvalue weighted by atomic mass is 35.5. The minimum absolute atomic E-state index is 0.227. The highest BCUT2D eigenvalue weighted by Gasteiger charge is 2.26. The van der Waals surface area contributed by atoms with Gasteiger partial charge in [0.2, 0.25) is 0 Å². The second kappa shape index (κ2) is 6.57. The number of hydrogen-bond acceptors (Lipinski definition) is 2. The largest absolute Gasteiger partial charge is 0.325 e. The smallest absolute Gasteiger partial charge is 0.125 e. The number of nitrogens with zero attached hydrogens (tertiary/aromatic N) is 2. The topological polar surface area (TPSA) is 17.8 Å². The molecular weight excluding hydrogens is 307 g/mol. The first-order valence-corrected chi connectivity index (χ1v) is 9.30. The molecule has 0 amide bonds. The molecule has 0 spiro atoms. The van der Waals surface area contributed by atoms with Crippen LogP contribution < -0.4 is 0 Å². The van der Waals surface area contributed by atoms with Gasteiger partial charge in [0.25, 0.3) is 0 Å². The third kappa shape index (κ3) is 3.07. The van der Waals surface area contributed by atoms with Gasteiger partial charge in [-0.25, -0.2) is 9.37 Å². The Bertz CT molecular complexity index is 628. The van der Waals surface area contributed by atoms with Crippen LogP contribution in [0.2, 0.25) is 0 Å². The van der Waals surface area contributed by atoms with Gasteiger partial charge in [0.15, 0.2) is 0 Å². The van der Waals surface area contributed by atoms with Crippen LogP contribution in [0.4, 0.5) is 4.39 Å². The van der Waals surface area contributed by atoms with E-state index < -0.39 is 0 Å². The first-order valence-electron chi connectivity index (χ1n) is 7.48. The summed E-state index contributed by atoms with van der Waals surface area (Å²) in [4.78, 5) is 4.62. The van der Waals surface area contributed by atoms with Gasteiger partial charge in [0, 0.05) is 29.7 Å². The summed E-state index contributed by atoms with van der Waals surface area (Å²) in [5, 5.41) is 0.713. The van der Waals surface area contributed by atoms with Crippen LogP contribution in [0.25, 0.3) is 11.0 Å². The fourth-order valence-electron chi connectivity index (χ4n) is 3.36. The van der Waals surface area contributed by atoms with Gasteiger partial charge >= 0.3 is 0 Å². The number of aromatic nitrogens is 2. The van der Waals surface area contributed by atoms with E-state index in [1.807, 2.05) is 17.8 Å². The maximum atomic E-state index is 13.4. The van der Waals surface area contributed by atoms with E-state index in [4.69, 9.17) is 11.6 Å². The molecule has 1 heterocycles. The normalized spacial score (nSPS) is 22.8. The minimum atomic E-state index is -0.227. The van der Waals surface area contributed by atoms with Crippen LogP contribution in [0.1, 0.15) is 37.5 Å². The van der Waals surface area contributed by atoms with Crippen molar-refractivity contribution in [3.05, 3.63) is 29.8 Å². The Morgan fingerprint density at radius 1 is 1.43 bits per heavy atom. The van der Waals surface area contributed by atoms with Crippen molar-refractivity contribution in [2.24, 2.45) is 0 Å². The zero-order valence-corrected chi connectivity index (χ0v) is 13.8. The molecule has 0 N–H and O–H groups in total. The van der Waals surface area contributed by atoms with E-state index in [2.05, 4.69) is 15.8 Å². The Labute approximate surface area is 134 Å². The molecule has 2 aromatic rings. The number of halogens is 2. The van der Waals surface area contributed by atoms with Crippen molar-refractivity contribution in [2.75, 3.05) is 12.1 Å². The molecule has 0 aliphatic heterocycles. The van der Waals surface area contributed by atoms with Crippen LogP contribution in [-0.2, 0) is 6.42 Å². The molecule has 0 saturated heterocycles. The van der Waals surface area contributed by atoms with Gasteiger partial charge in [-0.3, -0.25) is 0 Å².